The molecular formula is C15H16N2O3S. The maximum atomic E-state index is 12.0. The van der Waals surface area contributed by atoms with Crippen LogP contribution in [-0.4, -0.2) is 24.7 Å². The number of benzene rings is 1. The van der Waals surface area contributed by atoms with E-state index in [1.54, 1.807) is 20.1 Å². The second-order valence-electron chi connectivity index (χ2n) is 4.12. The Morgan fingerprint density at radius 3 is 2.67 bits per heavy atom. The van der Waals surface area contributed by atoms with Crippen LogP contribution in [0.2, 0.25) is 0 Å². The maximum absolute atomic E-state index is 12.0. The van der Waals surface area contributed by atoms with Crippen molar-refractivity contribution in [1.82, 2.24) is 4.98 Å². The number of methoxy groups -OCH3 is 1. The molecule has 110 valence electrons. The highest BCUT2D eigenvalue weighted by molar-refractivity contribution is 7.99. The van der Waals surface area contributed by atoms with Gasteiger partial charge in [-0.3, -0.25) is 0 Å². The molecule has 2 rings (SSSR count). The second kappa shape index (κ2) is 6.99. The Kier molecular flexibility index (Phi) is 5.05. The van der Waals surface area contributed by atoms with Crippen LogP contribution >= 0.6 is 11.8 Å². The standard InChI is InChI=1S/C15H16N2O3S/c1-3-20-15(18)13-8-10(16)9-17-14(13)21-12-6-4-11(19-2)5-7-12/h4-9H,3,16H2,1-2H3. The lowest BCUT2D eigenvalue weighted by Crippen LogP contribution is -2.08. The molecule has 2 aromatic rings. The van der Waals surface area contributed by atoms with Crippen LogP contribution in [0.1, 0.15) is 17.3 Å². The highest BCUT2D eigenvalue weighted by atomic mass is 32.2. The summed E-state index contributed by atoms with van der Waals surface area (Å²) >= 11 is 1.37. The number of carbonyl (C=O) groups excluding carboxylic acids is 1. The number of hydrogen-bond acceptors (Lipinski definition) is 6. The predicted octanol–water partition coefficient (Wildman–Crippen LogP) is 3.00. The summed E-state index contributed by atoms with van der Waals surface area (Å²) in [6.45, 7) is 2.06. The maximum Gasteiger partial charge on any atom is 0.340 e. The van der Waals surface area contributed by atoms with Gasteiger partial charge in [-0.05, 0) is 37.3 Å². The molecule has 5 nitrogen and oxygen atoms in total. The summed E-state index contributed by atoms with van der Waals surface area (Å²) in [4.78, 5) is 17.1. The van der Waals surface area contributed by atoms with Crippen molar-refractivity contribution in [3.05, 3.63) is 42.1 Å². The number of hydrogen-bond donors (Lipinski definition) is 1. The van der Waals surface area contributed by atoms with E-state index in [4.69, 9.17) is 15.2 Å². The molecule has 0 spiro atoms. The Morgan fingerprint density at radius 1 is 1.33 bits per heavy atom. The first-order chi connectivity index (χ1) is 10.1. The summed E-state index contributed by atoms with van der Waals surface area (Å²) in [5.41, 5.74) is 6.50. The molecule has 0 saturated carbocycles. The van der Waals surface area contributed by atoms with Gasteiger partial charge in [-0.1, -0.05) is 11.8 Å². The Morgan fingerprint density at radius 2 is 2.05 bits per heavy atom. The minimum atomic E-state index is -0.423. The van der Waals surface area contributed by atoms with Crippen molar-refractivity contribution in [3.8, 4) is 5.75 Å². The van der Waals surface area contributed by atoms with Crippen molar-refractivity contribution in [2.24, 2.45) is 0 Å². The van der Waals surface area contributed by atoms with Crippen LogP contribution in [0, 0.1) is 0 Å². The van der Waals surface area contributed by atoms with Gasteiger partial charge in [0.05, 0.1) is 31.2 Å². The van der Waals surface area contributed by atoms with Gasteiger partial charge in [0, 0.05) is 4.90 Å². The average molecular weight is 304 g/mol. The largest absolute Gasteiger partial charge is 0.497 e. The van der Waals surface area contributed by atoms with Crippen LogP contribution in [0.25, 0.3) is 0 Å². The highest BCUT2D eigenvalue weighted by Gasteiger charge is 2.15. The first-order valence-electron chi connectivity index (χ1n) is 6.38. The van der Waals surface area contributed by atoms with Gasteiger partial charge in [0.2, 0.25) is 0 Å². The Hall–Kier alpha value is -2.21. The molecule has 0 saturated heterocycles. The number of nitrogen functional groups attached to an aromatic ring is 1. The molecule has 0 aliphatic carbocycles. The molecule has 1 heterocycles. The number of ether oxygens (including phenoxy) is 2. The number of carbonyl (C=O) groups is 1. The third kappa shape index (κ3) is 3.88. The van der Waals surface area contributed by atoms with Crippen LogP contribution in [0.4, 0.5) is 5.69 Å². The van der Waals surface area contributed by atoms with Crippen molar-refractivity contribution in [1.29, 1.82) is 0 Å². The monoisotopic (exact) mass is 304 g/mol. The normalized spacial score (nSPS) is 10.2. The molecular weight excluding hydrogens is 288 g/mol. The number of aromatic nitrogens is 1. The molecule has 0 bridgehead atoms. The molecule has 0 radical (unpaired) electrons. The van der Waals surface area contributed by atoms with Gasteiger partial charge in [-0.2, -0.15) is 0 Å². The molecule has 2 N–H and O–H groups in total. The van der Waals surface area contributed by atoms with E-state index in [0.29, 0.717) is 22.9 Å². The second-order valence-corrected chi connectivity index (χ2v) is 5.18. The van der Waals surface area contributed by atoms with Crippen molar-refractivity contribution in [2.45, 2.75) is 16.8 Å². The third-order valence-corrected chi connectivity index (χ3v) is 3.67. The first-order valence-corrected chi connectivity index (χ1v) is 7.20. The van der Waals surface area contributed by atoms with Gasteiger partial charge < -0.3 is 15.2 Å². The predicted molar refractivity (Wildman–Crippen MR) is 81.7 cm³/mol. The fraction of sp³-hybridized carbons (Fsp3) is 0.200. The number of nitrogens with two attached hydrogens (primary N) is 1. The van der Waals surface area contributed by atoms with Crippen LogP contribution in [0.15, 0.2) is 46.5 Å². The molecule has 0 atom stereocenters. The van der Waals surface area contributed by atoms with Crippen LogP contribution in [0.3, 0.4) is 0 Å². The van der Waals surface area contributed by atoms with E-state index in [9.17, 15) is 4.79 Å². The average Bonchev–Trinajstić information content (AvgIpc) is 2.50. The lowest BCUT2D eigenvalue weighted by atomic mass is 10.2. The van der Waals surface area contributed by atoms with E-state index in [2.05, 4.69) is 4.98 Å². The van der Waals surface area contributed by atoms with Gasteiger partial charge in [0.1, 0.15) is 10.8 Å². The SMILES string of the molecule is CCOC(=O)c1cc(N)cnc1Sc1ccc(OC)cc1. The number of anilines is 1. The van der Waals surface area contributed by atoms with Crippen molar-refractivity contribution in [2.75, 3.05) is 19.5 Å². The van der Waals surface area contributed by atoms with Crippen molar-refractivity contribution < 1.29 is 14.3 Å². The molecule has 1 aromatic carbocycles. The fourth-order valence-electron chi connectivity index (χ4n) is 1.66. The molecule has 0 aliphatic heterocycles. The quantitative estimate of drug-likeness (QED) is 0.856. The molecule has 0 aliphatic rings. The van der Waals surface area contributed by atoms with Crippen LogP contribution in [-0.2, 0) is 4.74 Å². The molecule has 21 heavy (non-hydrogen) atoms. The summed E-state index contributed by atoms with van der Waals surface area (Å²) in [7, 11) is 1.61. The summed E-state index contributed by atoms with van der Waals surface area (Å²) in [6, 6.07) is 9.08. The number of pyridine rings is 1. The van der Waals surface area contributed by atoms with E-state index in [1.807, 2.05) is 24.3 Å². The minimum Gasteiger partial charge on any atom is -0.497 e. The molecule has 0 fully saturated rings. The van der Waals surface area contributed by atoms with Gasteiger partial charge in [-0.15, -0.1) is 0 Å². The molecule has 6 heteroatoms. The van der Waals surface area contributed by atoms with E-state index >= 15 is 0 Å². The van der Waals surface area contributed by atoms with Crippen LogP contribution < -0.4 is 10.5 Å². The Balaban J connectivity index is 2.27. The Bertz CT molecular complexity index is 629. The number of rotatable bonds is 5. The Labute approximate surface area is 127 Å². The lowest BCUT2D eigenvalue weighted by Gasteiger charge is -2.09. The molecule has 0 amide bonds. The highest BCUT2D eigenvalue weighted by Crippen LogP contribution is 2.31. The fourth-order valence-corrected chi connectivity index (χ4v) is 2.51. The smallest absolute Gasteiger partial charge is 0.340 e. The third-order valence-electron chi connectivity index (χ3n) is 2.64. The summed E-state index contributed by atoms with van der Waals surface area (Å²) in [5, 5.41) is 0.563. The topological polar surface area (TPSA) is 74.4 Å². The van der Waals surface area contributed by atoms with Gasteiger partial charge >= 0.3 is 5.97 Å². The number of esters is 1. The van der Waals surface area contributed by atoms with E-state index in [0.717, 1.165) is 10.6 Å². The molecule has 0 unspecified atom stereocenters. The van der Waals surface area contributed by atoms with Gasteiger partial charge in [-0.25, -0.2) is 9.78 Å². The van der Waals surface area contributed by atoms with Gasteiger partial charge in [0.25, 0.3) is 0 Å². The van der Waals surface area contributed by atoms with E-state index < -0.39 is 5.97 Å². The summed E-state index contributed by atoms with van der Waals surface area (Å²) in [6.07, 6.45) is 1.52. The van der Waals surface area contributed by atoms with Crippen molar-refractivity contribution in [3.63, 3.8) is 0 Å². The molecule has 1 aromatic heterocycles. The summed E-state index contributed by atoms with van der Waals surface area (Å²) in [5.74, 6) is 0.351. The number of nitrogens with zero attached hydrogens (tertiary/aromatic N) is 1. The zero-order chi connectivity index (χ0) is 15.2. The zero-order valence-electron chi connectivity index (χ0n) is 11.8. The van der Waals surface area contributed by atoms with Crippen LogP contribution in [0.5, 0.6) is 5.75 Å². The summed E-state index contributed by atoms with van der Waals surface area (Å²) < 4.78 is 10.1. The zero-order valence-corrected chi connectivity index (χ0v) is 12.6. The van der Waals surface area contributed by atoms with Crippen molar-refractivity contribution >= 4 is 23.4 Å². The lowest BCUT2D eigenvalue weighted by molar-refractivity contribution is 0.0521. The first kappa shape index (κ1) is 15.2. The van der Waals surface area contributed by atoms with E-state index in [1.165, 1.54) is 18.0 Å². The minimum absolute atomic E-state index is 0.306. The van der Waals surface area contributed by atoms with E-state index in [-0.39, 0.29) is 0 Å². The van der Waals surface area contributed by atoms with Gasteiger partial charge in [0.15, 0.2) is 0 Å².